The number of benzene rings is 1. The SMILES string of the molecule is C=CC(CO)Oc1ccc(C(C)=O)cc1. The van der Waals surface area contributed by atoms with Crippen LogP contribution in [0.5, 0.6) is 5.75 Å². The summed E-state index contributed by atoms with van der Waals surface area (Å²) in [6, 6.07) is 6.77. The van der Waals surface area contributed by atoms with Crippen LogP contribution in [-0.2, 0) is 0 Å². The number of hydrogen-bond acceptors (Lipinski definition) is 3. The van der Waals surface area contributed by atoms with Crippen LogP contribution in [-0.4, -0.2) is 23.6 Å². The number of aliphatic hydroxyl groups excluding tert-OH is 1. The quantitative estimate of drug-likeness (QED) is 0.590. The molecule has 0 fully saturated rings. The van der Waals surface area contributed by atoms with Crippen LogP contribution in [0.2, 0.25) is 0 Å². The third-order valence-corrected chi connectivity index (χ3v) is 1.99. The van der Waals surface area contributed by atoms with E-state index in [4.69, 9.17) is 9.84 Å². The minimum atomic E-state index is -0.409. The fourth-order valence-electron chi connectivity index (χ4n) is 1.10. The predicted molar refractivity (Wildman–Crippen MR) is 58.1 cm³/mol. The zero-order valence-corrected chi connectivity index (χ0v) is 8.64. The molecule has 1 N–H and O–H groups in total. The first-order valence-corrected chi connectivity index (χ1v) is 4.68. The normalized spacial score (nSPS) is 11.9. The molecule has 1 rings (SSSR count). The van der Waals surface area contributed by atoms with Crippen molar-refractivity contribution in [1.29, 1.82) is 0 Å². The zero-order chi connectivity index (χ0) is 11.3. The van der Waals surface area contributed by atoms with E-state index in [1.54, 1.807) is 24.3 Å². The molecule has 0 amide bonds. The Balaban J connectivity index is 2.71. The predicted octanol–water partition coefficient (Wildman–Crippen LogP) is 1.81. The Morgan fingerprint density at radius 2 is 2.13 bits per heavy atom. The van der Waals surface area contributed by atoms with Crippen LogP contribution >= 0.6 is 0 Å². The summed E-state index contributed by atoms with van der Waals surface area (Å²) in [5.41, 5.74) is 0.640. The summed E-state index contributed by atoms with van der Waals surface area (Å²) in [4.78, 5) is 11.0. The largest absolute Gasteiger partial charge is 0.484 e. The molecule has 0 aromatic heterocycles. The van der Waals surface area contributed by atoms with Gasteiger partial charge in [-0.1, -0.05) is 6.58 Å². The molecule has 0 saturated heterocycles. The highest BCUT2D eigenvalue weighted by Crippen LogP contribution is 2.14. The molecule has 0 aliphatic rings. The monoisotopic (exact) mass is 206 g/mol. The third-order valence-electron chi connectivity index (χ3n) is 1.99. The van der Waals surface area contributed by atoms with Crippen molar-refractivity contribution in [2.45, 2.75) is 13.0 Å². The second-order valence-corrected chi connectivity index (χ2v) is 3.16. The summed E-state index contributed by atoms with van der Waals surface area (Å²) < 4.78 is 5.37. The zero-order valence-electron chi connectivity index (χ0n) is 8.64. The minimum Gasteiger partial charge on any atom is -0.484 e. The van der Waals surface area contributed by atoms with Gasteiger partial charge in [0.05, 0.1) is 6.61 Å². The molecule has 3 nitrogen and oxygen atoms in total. The molecule has 3 heteroatoms. The van der Waals surface area contributed by atoms with Gasteiger partial charge in [0.25, 0.3) is 0 Å². The van der Waals surface area contributed by atoms with E-state index < -0.39 is 6.10 Å². The number of aliphatic hydroxyl groups is 1. The Labute approximate surface area is 89.0 Å². The van der Waals surface area contributed by atoms with E-state index >= 15 is 0 Å². The first kappa shape index (κ1) is 11.5. The molecular formula is C12H14O3. The summed E-state index contributed by atoms with van der Waals surface area (Å²) in [6.07, 6.45) is 1.12. The molecule has 1 aromatic carbocycles. The highest BCUT2D eigenvalue weighted by Gasteiger charge is 2.04. The van der Waals surface area contributed by atoms with Crippen molar-refractivity contribution >= 4 is 5.78 Å². The second kappa shape index (κ2) is 5.32. The topological polar surface area (TPSA) is 46.5 Å². The molecule has 0 aliphatic heterocycles. The number of hydrogen-bond donors (Lipinski definition) is 1. The Kier molecular flexibility index (Phi) is 4.06. The average molecular weight is 206 g/mol. The van der Waals surface area contributed by atoms with Crippen LogP contribution in [0.4, 0.5) is 0 Å². The Morgan fingerprint density at radius 1 is 1.53 bits per heavy atom. The van der Waals surface area contributed by atoms with Gasteiger partial charge in [-0.25, -0.2) is 0 Å². The lowest BCUT2D eigenvalue weighted by Gasteiger charge is -2.12. The van der Waals surface area contributed by atoms with Crippen LogP contribution < -0.4 is 4.74 Å². The van der Waals surface area contributed by atoms with E-state index in [9.17, 15) is 4.79 Å². The second-order valence-electron chi connectivity index (χ2n) is 3.16. The summed E-state index contributed by atoms with van der Waals surface area (Å²) in [5.74, 6) is 0.628. The maximum Gasteiger partial charge on any atom is 0.159 e. The van der Waals surface area contributed by atoms with Crippen molar-refractivity contribution < 1.29 is 14.6 Å². The van der Waals surface area contributed by atoms with Crippen LogP contribution in [0.15, 0.2) is 36.9 Å². The van der Waals surface area contributed by atoms with Gasteiger partial charge in [0, 0.05) is 5.56 Å². The van der Waals surface area contributed by atoms with Gasteiger partial charge < -0.3 is 9.84 Å². The average Bonchev–Trinajstić information content (AvgIpc) is 2.26. The summed E-state index contributed by atoms with van der Waals surface area (Å²) >= 11 is 0. The number of carbonyl (C=O) groups is 1. The van der Waals surface area contributed by atoms with E-state index in [0.717, 1.165) is 0 Å². The van der Waals surface area contributed by atoms with Gasteiger partial charge in [0.1, 0.15) is 11.9 Å². The summed E-state index contributed by atoms with van der Waals surface area (Å²) in [6.45, 7) is 4.93. The number of ether oxygens (including phenoxy) is 1. The fourth-order valence-corrected chi connectivity index (χ4v) is 1.10. The van der Waals surface area contributed by atoms with E-state index in [2.05, 4.69) is 6.58 Å². The van der Waals surface area contributed by atoms with Crippen molar-refractivity contribution in [2.75, 3.05) is 6.61 Å². The third kappa shape index (κ3) is 3.22. The molecule has 0 radical (unpaired) electrons. The lowest BCUT2D eigenvalue weighted by atomic mass is 10.1. The highest BCUT2D eigenvalue weighted by atomic mass is 16.5. The molecular weight excluding hydrogens is 192 g/mol. The summed E-state index contributed by atoms with van der Waals surface area (Å²) in [7, 11) is 0. The minimum absolute atomic E-state index is 0.0176. The molecule has 15 heavy (non-hydrogen) atoms. The molecule has 0 aliphatic carbocycles. The Bertz CT molecular complexity index is 340. The van der Waals surface area contributed by atoms with Gasteiger partial charge in [-0.05, 0) is 37.3 Å². The van der Waals surface area contributed by atoms with Gasteiger partial charge >= 0.3 is 0 Å². The number of ketones is 1. The lowest BCUT2D eigenvalue weighted by molar-refractivity contribution is 0.101. The Morgan fingerprint density at radius 3 is 2.53 bits per heavy atom. The van der Waals surface area contributed by atoms with Crippen molar-refractivity contribution in [3.05, 3.63) is 42.5 Å². The summed E-state index contributed by atoms with van der Waals surface area (Å²) in [5, 5.41) is 8.88. The van der Waals surface area contributed by atoms with Gasteiger partial charge in [-0.15, -0.1) is 0 Å². The first-order valence-electron chi connectivity index (χ1n) is 4.68. The van der Waals surface area contributed by atoms with Gasteiger partial charge in [-0.3, -0.25) is 4.79 Å². The number of Topliss-reactive ketones (excluding diaryl/α,β-unsaturated/α-hetero) is 1. The maximum atomic E-state index is 11.0. The van der Waals surface area contributed by atoms with Gasteiger partial charge in [0.15, 0.2) is 5.78 Å². The standard InChI is InChI=1S/C12H14O3/c1-3-11(8-13)15-12-6-4-10(5-7-12)9(2)14/h3-7,11,13H,1,8H2,2H3. The van der Waals surface area contributed by atoms with E-state index in [1.165, 1.54) is 13.0 Å². The smallest absolute Gasteiger partial charge is 0.159 e. The lowest BCUT2D eigenvalue weighted by Crippen LogP contribution is -2.17. The molecule has 0 saturated carbocycles. The van der Waals surface area contributed by atoms with Crippen LogP contribution in [0.1, 0.15) is 17.3 Å². The maximum absolute atomic E-state index is 11.0. The van der Waals surface area contributed by atoms with Crippen molar-refractivity contribution in [2.24, 2.45) is 0 Å². The molecule has 0 spiro atoms. The molecule has 1 atom stereocenters. The highest BCUT2D eigenvalue weighted by molar-refractivity contribution is 5.94. The molecule has 0 bridgehead atoms. The molecule has 1 unspecified atom stereocenters. The molecule has 80 valence electrons. The van der Waals surface area contributed by atoms with E-state index in [1.807, 2.05) is 0 Å². The first-order chi connectivity index (χ1) is 7.17. The van der Waals surface area contributed by atoms with Crippen LogP contribution in [0.3, 0.4) is 0 Å². The van der Waals surface area contributed by atoms with Crippen LogP contribution in [0.25, 0.3) is 0 Å². The van der Waals surface area contributed by atoms with Gasteiger partial charge in [0.2, 0.25) is 0 Å². The molecule has 0 heterocycles. The van der Waals surface area contributed by atoms with Gasteiger partial charge in [-0.2, -0.15) is 0 Å². The number of rotatable bonds is 5. The van der Waals surface area contributed by atoms with E-state index in [-0.39, 0.29) is 12.4 Å². The van der Waals surface area contributed by atoms with E-state index in [0.29, 0.717) is 11.3 Å². The number of carbonyl (C=O) groups excluding carboxylic acids is 1. The van der Waals surface area contributed by atoms with Crippen molar-refractivity contribution in [3.63, 3.8) is 0 Å². The fraction of sp³-hybridized carbons (Fsp3) is 0.250. The van der Waals surface area contributed by atoms with Crippen molar-refractivity contribution in [3.8, 4) is 5.75 Å². The van der Waals surface area contributed by atoms with Crippen molar-refractivity contribution in [1.82, 2.24) is 0 Å². The van der Waals surface area contributed by atoms with Crippen LogP contribution in [0, 0.1) is 0 Å². The molecule has 1 aromatic rings. The Hall–Kier alpha value is -1.61.